The molecule has 4 heteroatoms. The standard InChI is InChI=1S/C18H20FNO2/c1-13-2-4-14(5-3-13)17-10-15(19)6-7-18(17)22-12-16-11-20-8-9-21-16/h2-7,10,16,20H,8-9,11-12H2,1H3/t16-/m0/s1. The van der Waals surface area contributed by atoms with E-state index in [-0.39, 0.29) is 11.9 Å². The van der Waals surface area contributed by atoms with Gasteiger partial charge in [-0.25, -0.2) is 4.39 Å². The van der Waals surface area contributed by atoms with Crippen molar-refractivity contribution < 1.29 is 13.9 Å². The van der Waals surface area contributed by atoms with Gasteiger partial charge in [0.25, 0.3) is 0 Å². The van der Waals surface area contributed by atoms with Gasteiger partial charge in [-0.3, -0.25) is 0 Å². The monoisotopic (exact) mass is 301 g/mol. The molecule has 1 aliphatic rings. The van der Waals surface area contributed by atoms with Gasteiger partial charge >= 0.3 is 0 Å². The molecule has 0 unspecified atom stereocenters. The molecule has 2 aromatic carbocycles. The van der Waals surface area contributed by atoms with Crippen LogP contribution in [0.25, 0.3) is 11.1 Å². The predicted octanol–water partition coefficient (Wildman–Crippen LogP) is 3.17. The number of nitrogens with one attached hydrogen (secondary N) is 1. The molecule has 3 nitrogen and oxygen atoms in total. The van der Waals surface area contributed by atoms with Gasteiger partial charge < -0.3 is 14.8 Å². The summed E-state index contributed by atoms with van der Waals surface area (Å²) in [5.74, 6) is 0.415. The summed E-state index contributed by atoms with van der Waals surface area (Å²) in [5.41, 5.74) is 2.89. The minimum Gasteiger partial charge on any atom is -0.490 e. The van der Waals surface area contributed by atoms with Crippen molar-refractivity contribution in [2.45, 2.75) is 13.0 Å². The molecular formula is C18H20FNO2. The first-order valence-corrected chi connectivity index (χ1v) is 7.54. The van der Waals surface area contributed by atoms with E-state index < -0.39 is 0 Å². The van der Waals surface area contributed by atoms with Crippen LogP contribution in [-0.4, -0.2) is 32.4 Å². The zero-order valence-electron chi connectivity index (χ0n) is 12.6. The molecule has 2 aromatic rings. The Balaban J connectivity index is 1.79. The van der Waals surface area contributed by atoms with E-state index in [1.165, 1.54) is 17.7 Å². The molecule has 0 radical (unpaired) electrons. The van der Waals surface area contributed by atoms with Crippen molar-refractivity contribution >= 4 is 0 Å². The van der Waals surface area contributed by atoms with Crippen LogP contribution >= 0.6 is 0 Å². The fourth-order valence-corrected chi connectivity index (χ4v) is 2.50. The first-order chi connectivity index (χ1) is 10.7. The number of benzene rings is 2. The van der Waals surface area contributed by atoms with Crippen LogP contribution in [0, 0.1) is 12.7 Å². The van der Waals surface area contributed by atoms with E-state index in [0.717, 1.165) is 24.2 Å². The lowest BCUT2D eigenvalue weighted by molar-refractivity contribution is 0.000306. The molecule has 22 heavy (non-hydrogen) atoms. The van der Waals surface area contributed by atoms with Crippen molar-refractivity contribution in [2.24, 2.45) is 0 Å². The van der Waals surface area contributed by atoms with Crippen LogP contribution in [0.1, 0.15) is 5.56 Å². The second-order valence-electron chi connectivity index (χ2n) is 5.51. The molecule has 1 heterocycles. The summed E-state index contributed by atoms with van der Waals surface area (Å²) in [6, 6.07) is 12.6. The lowest BCUT2D eigenvalue weighted by Crippen LogP contribution is -2.41. The average Bonchev–Trinajstić information content (AvgIpc) is 2.55. The smallest absolute Gasteiger partial charge is 0.127 e. The number of halogens is 1. The molecule has 1 fully saturated rings. The van der Waals surface area contributed by atoms with E-state index in [2.05, 4.69) is 5.32 Å². The maximum atomic E-state index is 13.6. The van der Waals surface area contributed by atoms with Gasteiger partial charge in [-0.05, 0) is 30.7 Å². The van der Waals surface area contributed by atoms with Crippen molar-refractivity contribution in [1.82, 2.24) is 5.32 Å². The Labute approximate surface area is 130 Å². The zero-order valence-corrected chi connectivity index (χ0v) is 12.6. The van der Waals surface area contributed by atoms with Crippen LogP contribution in [-0.2, 0) is 4.74 Å². The summed E-state index contributed by atoms with van der Waals surface area (Å²) < 4.78 is 25.1. The molecule has 0 aromatic heterocycles. The number of hydrogen-bond acceptors (Lipinski definition) is 3. The first kappa shape index (κ1) is 15.0. The van der Waals surface area contributed by atoms with Crippen LogP contribution in [0.5, 0.6) is 5.75 Å². The minimum absolute atomic E-state index is 0.0321. The van der Waals surface area contributed by atoms with E-state index in [1.807, 2.05) is 31.2 Å². The van der Waals surface area contributed by atoms with Crippen LogP contribution < -0.4 is 10.1 Å². The third-order valence-corrected chi connectivity index (χ3v) is 3.73. The van der Waals surface area contributed by atoms with Gasteiger partial charge in [0.05, 0.1) is 6.61 Å². The second-order valence-corrected chi connectivity index (χ2v) is 5.51. The molecule has 3 rings (SSSR count). The number of hydrogen-bond donors (Lipinski definition) is 1. The number of ether oxygens (including phenoxy) is 2. The summed E-state index contributed by atoms with van der Waals surface area (Å²) in [6.07, 6.45) is 0.0321. The fourth-order valence-electron chi connectivity index (χ4n) is 2.50. The third-order valence-electron chi connectivity index (χ3n) is 3.73. The molecule has 0 spiro atoms. The summed E-state index contributed by atoms with van der Waals surface area (Å²) >= 11 is 0. The highest BCUT2D eigenvalue weighted by Gasteiger charge is 2.15. The summed E-state index contributed by atoms with van der Waals surface area (Å²) in [7, 11) is 0. The highest BCUT2D eigenvalue weighted by Crippen LogP contribution is 2.31. The van der Waals surface area contributed by atoms with Gasteiger partial charge in [0.2, 0.25) is 0 Å². The Morgan fingerprint density at radius 3 is 2.77 bits per heavy atom. The van der Waals surface area contributed by atoms with Gasteiger partial charge in [0, 0.05) is 18.7 Å². The van der Waals surface area contributed by atoms with Gasteiger partial charge in [-0.2, -0.15) is 0 Å². The Morgan fingerprint density at radius 1 is 1.23 bits per heavy atom. The normalized spacial score (nSPS) is 18.2. The Kier molecular flexibility index (Phi) is 4.71. The van der Waals surface area contributed by atoms with Crippen molar-refractivity contribution in [2.75, 3.05) is 26.3 Å². The molecule has 1 N–H and O–H groups in total. The van der Waals surface area contributed by atoms with Crippen molar-refractivity contribution in [3.05, 3.63) is 53.8 Å². The zero-order chi connectivity index (χ0) is 15.4. The minimum atomic E-state index is -0.265. The maximum Gasteiger partial charge on any atom is 0.127 e. The molecule has 116 valence electrons. The second kappa shape index (κ2) is 6.90. The van der Waals surface area contributed by atoms with E-state index >= 15 is 0 Å². The largest absolute Gasteiger partial charge is 0.490 e. The molecule has 1 saturated heterocycles. The van der Waals surface area contributed by atoms with Crippen LogP contribution in [0.3, 0.4) is 0 Å². The van der Waals surface area contributed by atoms with E-state index in [9.17, 15) is 4.39 Å². The lowest BCUT2D eigenvalue weighted by atomic mass is 10.0. The molecule has 1 atom stereocenters. The Morgan fingerprint density at radius 2 is 2.05 bits per heavy atom. The number of rotatable bonds is 4. The van der Waals surface area contributed by atoms with E-state index in [4.69, 9.17) is 9.47 Å². The highest BCUT2D eigenvalue weighted by atomic mass is 19.1. The quantitative estimate of drug-likeness (QED) is 0.941. The van der Waals surface area contributed by atoms with Crippen molar-refractivity contribution in [3.63, 3.8) is 0 Å². The summed E-state index contributed by atoms with van der Waals surface area (Å²) in [5, 5.41) is 3.27. The van der Waals surface area contributed by atoms with Gasteiger partial charge in [-0.1, -0.05) is 29.8 Å². The number of aryl methyl sites for hydroxylation is 1. The number of morpholine rings is 1. The molecule has 0 aliphatic carbocycles. The van der Waals surface area contributed by atoms with Gasteiger partial charge in [0.15, 0.2) is 0 Å². The van der Waals surface area contributed by atoms with Crippen molar-refractivity contribution in [3.8, 4) is 16.9 Å². The molecule has 0 bridgehead atoms. The molecule has 0 saturated carbocycles. The van der Waals surface area contributed by atoms with Crippen LogP contribution in [0.2, 0.25) is 0 Å². The molecule has 1 aliphatic heterocycles. The summed E-state index contributed by atoms with van der Waals surface area (Å²) in [6.45, 7) is 4.84. The maximum absolute atomic E-state index is 13.6. The van der Waals surface area contributed by atoms with Crippen LogP contribution in [0.15, 0.2) is 42.5 Å². The highest BCUT2D eigenvalue weighted by molar-refractivity contribution is 5.70. The topological polar surface area (TPSA) is 30.5 Å². The molecule has 0 amide bonds. The van der Waals surface area contributed by atoms with Crippen LogP contribution in [0.4, 0.5) is 4.39 Å². The Hall–Kier alpha value is -1.91. The molecular weight excluding hydrogens is 281 g/mol. The lowest BCUT2D eigenvalue weighted by Gasteiger charge is -2.24. The Bertz CT molecular complexity index is 621. The average molecular weight is 301 g/mol. The van der Waals surface area contributed by atoms with Gasteiger partial charge in [0.1, 0.15) is 24.3 Å². The van der Waals surface area contributed by atoms with Gasteiger partial charge in [-0.15, -0.1) is 0 Å². The van der Waals surface area contributed by atoms with E-state index in [0.29, 0.717) is 19.0 Å². The fraction of sp³-hybridized carbons (Fsp3) is 0.333. The summed E-state index contributed by atoms with van der Waals surface area (Å²) in [4.78, 5) is 0. The predicted molar refractivity (Wildman–Crippen MR) is 84.7 cm³/mol. The first-order valence-electron chi connectivity index (χ1n) is 7.54. The third kappa shape index (κ3) is 3.64. The van der Waals surface area contributed by atoms with E-state index in [1.54, 1.807) is 6.07 Å². The van der Waals surface area contributed by atoms with Crippen molar-refractivity contribution in [1.29, 1.82) is 0 Å². The SMILES string of the molecule is Cc1ccc(-c2cc(F)ccc2OC[C@@H]2CNCCO2)cc1.